The summed E-state index contributed by atoms with van der Waals surface area (Å²) in [6, 6.07) is 0.0347. The van der Waals surface area contributed by atoms with E-state index in [4.69, 9.17) is 16.3 Å². The van der Waals surface area contributed by atoms with Crippen molar-refractivity contribution in [3.05, 3.63) is 0 Å². The van der Waals surface area contributed by atoms with Crippen LogP contribution in [0.3, 0.4) is 0 Å². The van der Waals surface area contributed by atoms with Gasteiger partial charge in [-0.15, -0.1) is 11.6 Å². The largest absolute Gasteiger partial charge is 0.444 e. The molecule has 0 N–H and O–H groups in total. The summed E-state index contributed by atoms with van der Waals surface area (Å²) in [5.41, 5.74) is -0.500. The molecule has 1 rings (SSSR count). The van der Waals surface area contributed by atoms with Crippen LogP contribution < -0.4 is 0 Å². The van der Waals surface area contributed by atoms with E-state index < -0.39 is 5.60 Å². The van der Waals surface area contributed by atoms with Gasteiger partial charge in [-0.05, 0) is 40.5 Å². The normalized spacial score (nSPS) is 19.6. The summed E-state index contributed by atoms with van der Waals surface area (Å²) in [5.74, 6) is -0.0956. The number of amides is 2. The Bertz CT molecular complexity index is 355. The smallest absolute Gasteiger partial charge is 0.410 e. The van der Waals surface area contributed by atoms with Crippen molar-refractivity contribution >= 4 is 23.6 Å². The lowest BCUT2D eigenvalue weighted by Gasteiger charge is -2.39. The van der Waals surface area contributed by atoms with E-state index in [-0.39, 0.29) is 23.9 Å². The number of rotatable bonds is 3. The van der Waals surface area contributed by atoms with Crippen LogP contribution in [0.2, 0.25) is 0 Å². The quantitative estimate of drug-likeness (QED) is 0.753. The maximum absolute atomic E-state index is 12.1. The van der Waals surface area contributed by atoms with Gasteiger partial charge in [-0.25, -0.2) is 4.79 Å². The summed E-state index contributed by atoms with van der Waals surface area (Å²) >= 11 is 5.63. The number of carbonyl (C=O) groups excluding carboxylic acids is 2. The number of piperidine rings is 1. The Morgan fingerprint density at radius 3 is 2.55 bits per heavy atom. The first-order valence-corrected chi connectivity index (χ1v) is 7.65. The van der Waals surface area contributed by atoms with Gasteiger partial charge in [0.25, 0.3) is 0 Å². The van der Waals surface area contributed by atoms with Crippen LogP contribution in [0, 0.1) is 0 Å². The summed E-state index contributed by atoms with van der Waals surface area (Å²) < 4.78 is 5.38. The third-order valence-electron chi connectivity index (χ3n) is 3.26. The maximum Gasteiger partial charge on any atom is 0.410 e. The molecular formula is C14H25ClN2O3. The van der Waals surface area contributed by atoms with Gasteiger partial charge in [-0.1, -0.05) is 0 Å². The summed E-state index contributed by atoms with van der Waals surface area (Å²) in [6.07, 6.45) is 1.46. The van der Waals surface area contributed by atoms with E-state index in [2.05, 4.69) is 0 Å². The number of likely N-dealkylation sites (tertiary alicyclic amines) is 1. The average Bonchev–Trinajstić information content (AvgIpc) is 2.37. The summed E-state index contributed by atoms with van der Waals surface area (Å²) in [7, 11) is 0. The molecule has 0 aliphatic carbocycles. The van der Waals surface area contributed by atoms with Crippen LogP contribution in [0.5, 0.6) is 0 Å². The standard InChI is InChI=1S/C14H25ClN2O3/c1-5-17(12(18)9-15)11-7-6-8-16(10-11)13(19)20-14(2,3)4/h11H,5-10H2,1-4H3/t11-/m1/s1. The van der Waals surface area contributed by atoms with Crippen molar-refractivity contribution in [2.75, 3.05) is 25.5 Å². The number of nitrogens with zero attached hydrogens (tertiary/aromatic N) is 2. The van der Waals surface area contributed by atoms with Gasteiger partial charge >= 0.3 is 6.09 Å². The fraction of sp³-hybridized carbons (Fsp3) is 0.857. The molecule has 6 heteroatoms. The van der Waals surface area contributed by atoms with Gasteiger partial charge < -0.3 is 14.5 Å². The van der Waals surface area contributed by atoms with Gasteiger partial charge in [0.1, 0.15) is 11.5 Å². The zero-order valence-corrected chi connectivity index (χ0v) is 13.6. The Morgan fingerprint density at radius 2 is 2.05 bits per heavy atom. The Kier molecular flexibility index (Phi) is 6.11. The van der Waals surface area contributed by atoms with E-state index in [1.54, 1.807) is 9.80 Å². The van der Waals surface area contributed by atoms with Crippen molar-refractivity contribution in [1.29, 1.82) is 0 Å². The van der Waals surface area contributed by atoms with Crippen LogP contribution >= 0.6 is 11.6 Å². The fourth-order valence-corrected chi connectivity index (χ4v) is 2.57. The number of likely N-dealkylation sites (N-methyl/N-ethyl adjacent to an activating group) is 1. The van der Waals surface area contributed by atoms with Gasteiger partial charge in [-0.3, -0.25) is 4.79 Å². The van der Waals surface area contributed by atoms with E-state index in [1.165, 1.54) is 0 Å². The highest BCUT2D eigenvalue weighted by molar-refractivity contribution is 6.27. The second-order valence-electron chi connectivity index (χ2n) is 6.04. The molecule has 0 aromatic rings. The van der Waals surface area contributed by atoms with Gasteiger partial charge in [-0.2, -0.15) is 0 Å². The fourth-order valence-electron chi connectivity index (χ4n) is 2.42. The lowest BCUT2D eigenvalue weighted by atomic mass is 10.0. The third-order valence-corrected chi connectivity index (χ3v) is 3.49. The first-order valence-electron chi connectivity index (χ1n) is 7.12. The molecule has 1 heterocycles. The van der Waals surface area contributed by atoms with Crippen molar-refractivity contribution in [2.45, 2.75) is 52.2 Å². The minimum Gasteiger partial charge on any atom is -0.444 e. The summed E-state index contributed by atoms with van der Waals surface area (Å²) in [4.78, 5) is 27.3. The highest BCUT2D eigenvalue weighted by Gasteiger charge is 2.31. The molecule has 1 aliphatic heterocycles. The zero-order chi connectivity index (χ0) is 15.3. The Balaban J connectivity index is 2.66. The van der Waals surface area contributed by atoms with Crippen LogP contribution in [-0.2, 0) is 9.53 Å². The number of carbonyl (C=O) groups is 2. The van der Waals surface area contributed by atoms with Crippen LogP contribution in [0.25, 0.3) is 0 Å². The molecule has 1 atom stereocenters. The number of ether oxygens (including phenoxy) is 1. The molecule has 0 bridgehead atoms. The van der Waals surface area contributed by atoms with Gasteiger partial charge in [0.15, 0.2) is 0 Å². The molecular weight excluding hydrogens is 280 g/mol. The van der Waals surface area contributed by atoms with Crippen molar-refractivity contribution in [1.82, 2.24) is 9.80 Å². The van der Waals surface area contributed by atoms with Crippen LogP contribution in [0.15, 0.2) is 0 Å². The number of hydrogen-bond donors (Lipinski definition) is 0. The maximum atomic E-state index is 12.1. The average molecular weight is 305 g/mol. The third kappa shape index (κ3) is 4.85. The molecule has 1 saturated heterocycles. The van der Waals surface area contributed by atoms with E-state index in [1.807, 2.05) is 27.7 Å². The highest BCUT2D eigenvalue weighted by atomic mass is 35.5. The summed E-state index contributed by atoms with van der Waals surface area (Å²) in [5, 5.41) is 0. The lowest BCUT2D eigenvalue weighted by molar-refractivity contribution is -0.131. The molecule has 0 spiro atoms. The van der Waals surface area contributed by atoms with E-state index >= 15 is 0 Å². The number of alkyl halides is 1. The second-order valence-corrected chi connectivity index (χ2v) is 6.30. The molecule has 0 saturated carbocycles. The van der Waals surface area contributed by atoms with E-state index in [0.717, 1.165) is 12.8 Å². The predicted octanol–water partition coefficient (Wildman–Crippen LogP) is 2.47. The predicted molar refractivity (Wildman–Crippen MR) is 78.9 cm³/mol. The van der Waals surface area contributed by atoms with Crippen LogP contribution in [0.4, 0.5) is 4.79 Å². The highest BCUT2D eigenvalue weighted by Crippen LogP contribution is 2.19. The minimum absolute atomic E-state index is 0.0171. The zero-order valence-electron chi connectivity index (χ0n) is 12.8. The first-order chi connectivity index (χ1) is 9.28. The molecule has 20 heavy (non-hydrogen) atoms. The molecule has 116 valence electrons. The molecule has 0 radical (unpaired) electrons. The van der Waals surface area contributed by atoms with Crippen molar-refractivity contribution in [3.63, 3.8) is 0 Å². The van der Waals surface area contributed by atoms with Crippen molar-refractivity contribution in [2.24, 2.45) is 0 Å². The Hall–Kier alpha value is -0.970. The SMILES string of the molecule is CCN(C(=O)CCl)[C@@H]1CCCN(C(=O)OC(C)(C)C)C1. The van der Waals surface area contributed by atoms with Crippen LogP contribution in [-0.4, -0.2) is 59.0 Å². The van der Waals surface area contributed by atoms with Gasteiger partial charge in [0.2, 0.25) is 5.91 Å². The van der Waals surface area contributed by atoms with Crippen LogP contribution in [0.1, 0.15) is 40.5 Å². The van der Waals surface area contributed by atoms with Gasteiger partial charge in [0, 0.05) is 25.7 Å². The number of halogens is 1. The molecule has 0 aromatic heterocycles. The molecule has 5 nitrogen and oxygen atoms in total. The molecule has 0 unspecified atom stereocenters. The van der Waals surface area contributed by atoms with E-state index in [9.17, 15) is 9.59 Å². The molecule has 1 fully saturated rings. The first kappa shape index (κ1) is 17.1. The lowest BCUT2D eigenvalue weighted by Crippen LogP contribution is -2.52. The van der Waals surface area contributed by atoms with E-state index in [0.29, 0.717) is 19.6 Å². The topological polar surface area (TPSA) is 49.9 Å². The van der Waals surface area contributed by atoms with Crippen molar-refractivity contribution in [3.8, 4) is 0 Å². The minimum atomic E-state index is -0.500. The molecule has 1 aliphatic rings. The van der Waals surface area contributed by atoms with Crippen molar-refractivity contribution < 1.29 is 14.3 Å². The monoisotopic (exact) mass is 304 g/mol. The Morgan fingerprint density at radius 1 is 1.40 bits per heavy atom. The van der Waals surface area contributed by atoms with Gasteiger partial charge in [0.05, 0.1) is 0 Å². The molecule has 0 aromatic carbocycles. The summed E-state index contributed by atoms with van der Waals surface area (Å²) in [6.45, 7) is 9.28. The second kappa shape index (κ2) is 7.16. The molecule has 2 amide bonds. The Labute approximate surface area is 126 Å². The number of hydrogen-bond acceptors (Lipinski definition) is 3.